The lowest BCUT2D eigenvalue weighted by atomic mass is 10.1. The van der Waals surface area contributed by atoms with Gasteiger partial charge in [-0.25, -0.2) is 0 Å². The average molecular weight is 405 g/mol. The number of hydrogen-bond acceptors (Lipinski definition) is 6. The molecule has 2 aliphatic heterocycles. The van der Waals surface area contributed by atoms with Crippen LogP contribution in [0, 0.1) is 0 Å². The Kier molecular flexibility index (Phi) is 7.85. The molecule has 1 aromatic carbocycles. The minimum atomic E-state index is -0.207. The SMILES string of the molecule is COc1ccccc1CNC(=O)C(C)N1CCN(CC(=O)N2CCOCC2)CC1. The number of nitrogens with zero attached hydrogens (tertiary/aromatic N) is 3. The number of carbonyl (C=O) groups excluding carboxylic acids is 2. The van der Waals surface area contributed by atoms with Crippen LogP contribution in [0.1, 0.15) is 12.5 Å². The van der Waals surface area contributed by atoms with Crippen molar-refractivity contribution >= 4 is 11.8 Å². The second kappa shape index (κ2) is 10.6. The molecule has 0 bridgehead atoms. The highest BCUT2D eigenvalue weighted by atomic mass is 16.5. The number of methoxy groups -OCH3 is 1. The maximum Gasteiger partial charge on any atom is 0.237 e. The molecule has 2 amide bonds. The van der Waals surface area contributed by atoms with Crippen LogP contribution in [-0.2, 0) is 20.9 Å². The monoisotopic (exact) mass is 404 g/mol. The first-order valence-electron chi connectivity index (χ1n) is 10.3. The van der Waals surface area contributed by atoms with Crippen molar-refractivity contribution in [3.05, 3.63) is 29.8 Å². The molecule has 1 aromatic rings. The highest BCUT2D eigenvalue weighted by molar-refractivity contribution is 5.81. The van der Waals surface area contributed by atoms with E-state index in [4.69, 9.17) is 9.47 Å². The maximum atomic E-state index is 12.6. The molecule has 1 atom stereocenters. The van der Waals surface area contributed by atoms with Crippen LogP contribution in [0.15, 0.2) is 24.3 Å². The summed E-state index contributed by atoms with van der Waals surface area (Å²) in [7, 11) is 1.63. The zero-order chi connectivity index (χ0) is 20.6. The maximum absolute atomic E-state index is 12.6. The van der Waals surface area contributed by atoms with E-state index in [1.807, 2.05) is 36.1 Å². The van der Waals surface area contributed by atoms with E-state index in [0.29, 0.717) is 39.4 Å². The molecule has 3 rings (SSSR count). The average Bonchev–Trinajstić information content (AvgIpc) is 2.78. The van der Waals surface area contributed by atoms with E-state index in [0.717, 1.165) is 37.5 Å². The molecule has 8 nitrogen and oxygen atoms in total. The van der Waals surface area contributed by atoms with Crippen LogP contribution in [0.4, 0.5) is 0 Å². The molecule has 2 saturated heterocycles. The number of nitrogens with one attached hydrogen (secondary N) is 1. The standard InChI is InChI=1S/C21H32N4O4/c1-17(21(27)22-15-18-5-3-4-6-19(18)28-2)24-9-7-23(8-10-24)16-20(26)25-11-13-29-14-12-25/h3-6,17H,7-16H2,1-2H3,(H,22,27). The van der Waals surface area contributed by atoms with Crippen molar-refractivity contribution in [3.63, 3.8) is 0 Å². The summed E-state index contributed by atoms with van der Waals surface area (Å²) >= 11 is 0. The van der Waals surface area contributed by atoms with Crippen LogP contribution in [0.3, 0.4) is 0 Å². The Labute approximate surface area is 172 Å². The lowest BCUT2D eigenvalue weighted by Gasteiger charge is -2.38. The lowest BCUT2D eigenvalue weighted by molar-refractivity contribution is -0.137. The smallest absolute Gasteiger partial charge is 0.237 e. The van der Waals surface area contributed by atoms with Gasteiger partial charge in [0.15, 0.2) is 0 Å². The number of carbonyl (C=O) groups is 2. The van der Waals surface area contributed by atoms with Gasteiger partial charge in [0.05, 0.1) is 32.9 Å². The van der Waals surface area contributed by atoms with Crippen molar-refractivity contribution in [2.24, 2.45) is 0 Å². The fraction of sp³-hybridized carbons (Fsp3) is 0.619. The van der Waals surface area contributed by atoms with Crippen molar-refractivity contribution in [1.29, 1.82) is 0 Å². The second-order valence-corrected chi connectivity index (χ2v) is 7.51. The highest BCUT2D eigenvalue weighted by Crippen LogP contribution is 2.17. The molecule has 0 aromatic heterocycles. The Bertz CT molecular complexity index is 685. The van der Waals surface area contributed by atoms with Crippen LogP contribution in [0.5, 0.6) is 5.75 Å². The highest BCUT2D eigenvalue weighted by Gasteiger charge is 2.27. The van der Waals surface area contributed by atoms with Crippen LogP contribution in [0.25, 0.3) is 0 Å². The Hall–Kier alpha value is -2.16. The molecule has 0 saturated carbocycles. The summed E-state index contributed by atoms with van der Waals surface area (Å²) in [5.41, 5.74) is 0.960. The van der Waals surface area contributed by atoms with Crippen molar-refractivity contribution in [3.8, 4) is 5.75 Å². The van der Waals surface area contributed by atoms with Gasteiger partial charge in [0.2, 0.25) is 11.8 Å². The van der Waals surface area contributed by atoms with Crippen molar-refractivity contribution in [2.45, 2.75) is 19.5 Å². The number of para-hydroxylation sites is 1. The van der Waals surface area contributed by atoms with Crippen LogP contribution in [-0.4, -0.2) is 98.7 Å². The summed E-state index contributed by atoms with van der Waals surface area (Å²) in [4.78, 5) is 31.2. The Morgan fingerprint density at radius 1 is 1.10 bits per heavy atom. The van der Waals surface area contributed by atoms with Crippen molar-refractivity contribution < 1.29 is 19.1 Å². The lowest BCUT2D eigenvalue weighted by Crippen LogP contribution is -2.55. The first-order valence-corrected chi connectivity index (χ1v) is 10.3. The Morgan fingerprint density at radius 2 is 1.79 bits per heavy atom. The molecule has 29 heavy (non-hydrogen) atoms. The molecule has 160 valence electrons. The van der Waals surface area contributed by atoms with Crippen molar-refractivity contribution in [2.75, 3.05) is 66.1 Å². The number of amides is 2. The molecule has 2 aliphatic rings. The molecule has 8 heteroatoms. The van der Waals surface area contributed by atoms with E-state index in [2.05, 4.69) is 15.1 Å². The molecule has 1 unspecified atom stereocenters. The number of piperazine rings is 1. The molecule has 0 aliphatic carbocycles. The number of morpholine rings is 1. The summed E-state index contributed by atoms with van der Waals surface area (Å²) < 4.78 is 10.6. The largest absolute Gasteiger partial charge is 0.496 e. The molecule has 1 N–H and O–H groups in total. The fourth-order valence-electron chi connectivity index (χ4n) is 3.76. The zero-order valence-electron chi connectivity index (χ0n) is 17.4. The number of hydrogen-bond donors (Lipinski definition) is 1. The van der Waals surface area contributed by atoms with Gasteiger partial charge in [-0.15, -0.1) is 0 Å². The second-order valence-electron chi connectivity index (χ2n) is 7.51. The van der Waals surface area contributed by atoms with Gasteiger partial charge in [-0.3, -0.25) is 19.4 Å². The summed E-state index contributed by atoms with van der Waals surface area (Å²) in [6, 6.07) is 7.49. The van der Waals surface area contributed by atoms with Crippen LogP contribution >= 0.6 is 0 Å². The van der Waals surface area contributed by atoms with Gasteiger partial charge < -0.3 is 19.7 Å². The minimum absolute atomic E-state index is 0.00810. The Balaban J connectivity index is 1.41. The summed E-state index contributed by atoms with van der Waals surface area (Å²) in [6.45, 7) is 8.58. The molecule has 2 fully saturated rings. The molecular weight excluding hydrogens is 372 g/mol. The van der Waals surface area contributed by atoms with Crippen LogP contribution in [0.2, 0.25) is 0 Å². The molecule has 0 radical (unpaired) electrons. The molecular formula is C21H32N4O4. The zero-order valence-corrected chi connectivity index (χ0v) is 17.4. The summed E-state index contributed by atoms with van der Waals surface area (Å²) in [5, 5.41) is 3.01. The van der Waals surface area contributed by atoms with Gasteiger partial charge in [-0.05, 0) is 13.0 Å². The topological polar surface area (TPSA) is 74.4 Å². The van der Waals surface area contributed by atoms with E-state index in [9.17, 15) is 9.59 Å². The minimum Gasteiger partial charge on any atom is -0.496 e. The third kappa shape index (κ3) is 5.91. The predicted molar refractivity (Wildman–Crippen MR) is 110 cm³/mol. The molecule has 2 heterocycles. The van der Waals surface area contributed by atoms with E-state index in [1.165, 1.54) is 0 Å². The van der Waals surface area contributed by atoms with Gasteiger partial charge in [0.25, 0.3) is 0 Å². The summed E-state index contributed by atoms with van der Waals surface area (Å²) in [5.74, 6) is 0.956. The Morgan fingerprint density at radius 3 is 2.48 bits per heavy atom. The number of benzene rings is 1. The van der Waals surface area contributed by atoms with Gasteiger partial charge in [0.1, 0.15) is 5.75 Å². The van der Waals surface area contributed by atoms with E-state index < -0.39 is 0 Å². The number of rotatable bonds is 7. The first kappa shape index (κ1) is 21.5. The van der Waals surface area contributed by atoms with Gasteiger partial charge in [-0.1, -0.05) is 18.2 Å². The van der Waals surface area contributed by atoms with Gasteiger partial charge in [-0.2, -0.15) is 0 Å². The van der Waals surface area contributed by atoms with Gasteiger partial charge >= 0.3 is 0 Å². The van der Waals surface area contributed by atoms with Gasteiger partial charge in [0, 0.05) is 51.4 Å². The van der Waals surface area contributed by atoms with E-state index >= 15 is 0 Å². The van der Waals surface area contributed by atoms with E-state index in [-0.39, 0.29) is 17.9 Å². The predicted octanol–water partition coefficient (Wildman–Crippen LogP) is 0.176. The van der Waals surface area contributed by atoms with E-state index in [1.54, 1.807) is 7.11 Å². The van der Waals surface area contributed by atoms with Crippen molar-refractivity contribution in [1.82, 2.24) is 20.0 Å². The normalized spacial score (nSPS) is 19.6. The first-order chi connectivity index (χ1) is 14.1. The third-order valence-corrected chi connectivity index (χ3v) is 5.70. The number of ether oxygens (including phenoxy) is 2. The third-order valence-electron chi connectivity index (χ3n) is 5.70. The molecule has 0 spiro atoms. The quantitative estimate of drug-likeness (QED) is 0.699. The summed E-state index contributed by atoms with van der Waals surface area (Å²) in [6.07, 6.45) is 0. The fourth-order valence-corrected chi connectivity index (χ4v) is 3.76. The van der Waals surface area contributed by atoms with Crippen LogP contribution < -0.4 is 10.1 Å².